The Bertz CT molecular complexity index is 1910. The number of phenolic OH excluding ortho intramolecular Hbond substituents is 1. The number of aliphatic hydroxyl groups is 2. The van der Waals surface area contributed by atoms with Crippen molar-refractivity contribution in [3.8, 4) is 11.5 Å². The summed E-state index contributed by atoms with van der Waals surface area (Å²) in [6.45, 7) is 13.3. The van der Waals surface area contributed by atoms with Gasteiger partial charge in [-0.1, -0.05) is 51.1 Å². The van der Waals surface area contributed by atoms with E-state index in [-0.39, 0.29) is 65.7 Å². The normalized spacial score (nSPS) is 32.7. The van der Waals surface area contributed by atoms with E-state index in [4.69, 9.17) is 23.7 Å². The number of nitrogens with zero attached hydrogens (tertiary/aromatic N) is 2. The van der Waals surface area contributed by atoms with Gasteiger partial charge in [-0.25, -0.2) is 0 Å². The van der Waals surface area contributed by atoms with Gasteiger partial charge in [-0.15, -0.1) is 4.91 Å². The fourth-order valence-electron chi connectivity index (χ4n) is 8.06. The van der Waals surface area contributed by atoms with Crippen LogP contribution in [-0.4, -0.2) is 107 Å². The van der Waals surface area contributed by atoms with Gasteiger partial charge < -0.3 is 49.2 Å². The van der Waals surface area contributed by atoms with Crippen LogP contribution in [0.15, 0.2) is 52.7 Å². The third-order valence-electron chi connectivity index (χ3n) is 11.5. The number of aromatic hydroxyl groups is 1. The van der Waals surface area contributed by atoms with Crippen LogP contribution in [0.25, 0.3) is 0 Å². The number of carbonyl (C=O) groups is 4. The molecule has 1 saturated heterocycles. The highest BCUT2D eigenvalue weighted by Gasteiger charge is 2.55. The molecule has 16 nitrogen and oxygen atoms in total. The van der Waals surface area contributed by atoms with Crippen molar-refractivity contribution in [2.24, 2.45) is 28.8 Å². The lowest BCUT2D eigenvalue weighted by Gasteiger charge is -2.38. The third-order valence-corrected chi connectivity index (χ3v) is 11.5. The van der Waals surface area contributed by atoms with Gasteiger partial charge in [0, 0.05) is 80.0 Å². The SMILES string of the molecule is CO[C@H]1C=CO[C@@]2(C)Oc3c(C)c(O)c4c(c3C2N=O)C(=O)C(N2CCOCC2)=C(NC(=O)C(C)=CC=C[C@H](C)[C@H](O)[C@@H](C)[C@@H](O)[C@@H](C)[C@H](OC(C)=O)[C@@H]1C)C4=O. The molecule has 1 aliphatic carbocycles. The van der Waals surface area contributed by atoms with E-state index in [1.807, 2.05) is 0 Å². The smallest absolute Gasteiger partial charge is 0.302 e. The standard InChI is InChI=1S/C41H53N3O13/c1-19-11-10-12-20(2)40(51)42-30-31(44-14-17-54-18-15-44)36(50)27-28(35(30)49)34(48)24(6)38-29(27)39(43-52)41(8,57-38)55-16-13-26(53-9)21(3)37(56-25(7)45)23(5)33(47)22(4)32(19)46/h10-13,16,19,21-23,26,32-33,37,39,46-48H,14-15,17-18H2,1-9H3,(H,42,51)/t19-,21+,22+,23+,26-,32-,33+,37+,39?,41-/m0/s1. The van der Waals surface area contributed by atoms with Crippen LogP contribution in [0.3, 0.4) is 0 Å². The van der Waals surface area contributed by atoms with Crippen molar-refractivity contribution in [3.05, 3.63) is 74.7 Å². The quantitative estimate of drug-likeness (QED) is 0.251. The molecule has 1 amide bonds. The van der Waals surface area contributed by atoms with Gasteiger partial charge in [0.15, 0.2) is 6.04 Å². The molecule has 16 heteroatoms. The van der Waals surface area contributed by atoms with E-state index < -0.39 is 94.7 Å². The van der Waals surface area contributed by atoms with E-state index in [0.717, 1.165) is 0 Å². The van der Waals surface area contributed by atoms with Crippen LogP contribution in [0.1, 0.15) is 86.4 Å². The summed E-state index contributed by atoms with van der Waals surface area (Å²) in [6.07, 6.45) is 3.50. The van der Waals surface area contributed by atoms with Crippen molar-refractivity contribution in [1.29, 1.82) is 0 Å². The number of ketones is 2. The molecule has 5 bridgehead atoms. The number of fused-ring (bicyclic) bond motifs is 14. The van der Waals surface area contributed by atoms with Crippen LogP contribution in [0.5, 0.6) is 11.5 Å². The van der Waals surface area contributed by atoms with Crippen LogP contribution in [-0.2, 0) is 28.5 Å². The number of ether oxygens (including phenoxy) is 5. The number of benzene rings is 1. The molecule has 57 heavy (non-hydrogen) atoms. The van der Waals surface area contributed by atoms with Crippen molar-refractivity contribution < 1.29 is 58.2 Å². The molecule has 4 aliphatic heterocycles. The molecule has 310 valence electrons. The number of hydrogen-bond acceptors (Lipinski definition) is 15. The first-order valence-electron chi connectivity index (χ1n) is 19.0. The number of nitroso groups, excluding NO2 is 1. The lowest BCUT2D eigenvalue weighted by Crippen LogP contribution is -2.46. The lowest BCUT2D eigenvalue weighted by atomic mass is 9.78. The van der Waals surface area contributed by atoms with Crippen molar-refractivity contribution in [2.75, 3.05) is 33.4 Å². The maximum Gasteiger partial charge on any atom is 0.302 e. The van der Waals surface area contributed by atoms with Crippen LogP contribution in [0, 0.1) is 35.5 Å². The Kier molecular flexibility index (Phi) is 13.1. The van der Waals surface area contributed by atoms with E-state index in [2.05, 4.69) is 10.5 Å². The highest BCUT2D eigenvalue weighted by molar-refractivity contribution is 6.29. The summed E-state index contributed by atoms with van der Waals surface area (Å²) in [5.74, 6) is -7.99. The van der Waals surface area contributed by atoms with Gasteiger partial charge in [0.25, 0.3) is 11.7 Å². The monoisotopic (exact) mass is 795 g/mol. The van der Waals surface area contributed by atoms with Gasteiger partial charge in [-0.2, -0.15) is 0 Å². The van der Waals surface area contributed by atoms with Crippen molar-refractivity contribution >= 4 is 23.4 Å². The predicted molar refractivity (Wildman–Crippen MR) is 205 cm³/mol. The highest BCUT2D eigenvalue weighted by atomic mass is 16.7. The zero-order valence-electron chi connectivity index (χ0n) is 33.7. The number of nitrogens with one attached hydrogen (secondary N) is 1. The molecule has 1 aromatic rings. The van der Waals surface area contributed by atoms with E-state index in [1.165, 1.54) is 53.2 Å². The summed E-state index contributed by atoms with van der Waals surface area (Å²) in [4.78, 5) is 69.7. The van der Waals surface area contributed by atoms with Crippen LogP contribution < -0.4 is 10.1 Å². The summed E-state index contributed by atoms with van der Waals surface area (Å²) in [5, 5.41) is 40.3. The van der Waals surface area contributed by atoms with Gasteiger partial charge in [0.05, 0.1) is 43.4 Å². The number of amides is 1. The fraction of sp³-hybridized carbons (Fsp3) is 0.561. The minimum Gasteiger partial charge on any atom is -0.507 e. The molecule has 1 unspecified atom stereocenters. The number of esters is 1. The Hall–Kier alpha value is -4.90. The summed E-state index contributed by atoms with van der Waals surface area (Å²) >= 11 is 0. The van der Waals surface area contributed by atoms with Gasteiger partial charge in [0.2, 0.25) is 11.6 Å². The number of morpholine rings is 1. The average molecular weight is 796 g/mol. The van der Waals surface area contributed by atoms with Gasteiger partial charge >= 0.3 is 5.97 Å². The third kappa shape index (κ3) is 8.13. The molecule has 0 radical (unpaired) electrons. The molecule has 1 fully saturated rings. The zero-order valence-corrected chi connectivity index (χ0v) is 33.7. The minimum atomic E-state index is -1.90. The molecule has 0 aromatic heterocycles. The molecule has 6 rings (SSSR count). The number of hydrogen-bond donors (Lipinski definition) is 4. The Labute approximate surface area is 331 Å². The zero-order chi connectivity index (χ0) is 42.1. The van der Waals surface area contributed by atoms with Crippen LogP contribution in [0.4, 0.5) is 0 Å². The first-order chi connectivity index (χ1) is 26.9. The number of rotatable bonds is 4. The molecule has 1 aromatic carbocycles. The molecular formula is C41H53N3O13. The van der Waals surface area contributed by atoms with Crippen molar-refractivity contribution in [3.63, 3.8) is 0 Å². The van der Waals surface area contributed by atoms with E-state index in [9.17, 15) is 39.4 Å². The lowest BCUT2D eigenvalue weighted by molar-refractivity contribution is -0.160. The van der Waals surface area contributed by atoms with Gasteiger partial charge in [0.1, 0.15) is 29.0 Å². The van der Waals surface area contributed by atoms with Crippen LogP contribution in [0.2, 0.25) is 0 Å². The van der Waals surface area contributed by atoms with Crippen LogP contribution >= 0.6 is 0 Å². The second-order valence-corrected chi connectivity index (χ2v) is 15.4. The van der Waals surface area contributed by atoms with Gasteiger partial charge in [-0.3, -0.25) is 19.2 Å². The predicted octanol–water partition coefficient (Wildman–Crippen LogP) is 3.92. The first-order valence-corrected chi connectivity index (χ1v) is 19.0. The molecule has 4 heterocycles. The number of carbonyl (C=O) groups excluding carboxylic acids is 4. The van der Waals surface area contributed by atoms with E-state index in [1.54, 1.807) is 44.7 Å². The molecule has 0 spiro atoms. The Morgan fingerprint density at radius 2 is 1.65 bits per heavy atom. The number of allylic oxidation sites excluding steroid dienone is 4. The Balaban J connectivity index is 1.69. The highest BCUT2D eigenvalue weighted by Crippen LogP contribution is 2.54. The molecular weight excluding hydrogens is 742 g/mol. The average Bonchev–Trinajstić information content (AvgIpc) is 3.48. The number of Topliss-reactive ketones (excluding diaryl/α,β-unsaturated/α-hetero) is 2. The number of phenols is 1. The summed E-state index contributed by atoms with van der Waals surface area (Å²) in [5.41, 5.74) is -1.11. The second kappa shape index (κ2) is 17.3. The number of methoxy groups -OCH3 is 1. The molecule has 0 saturated carbocycles. The molecule has 5 aliphatic rings. The summed E-state index contributed by atoms with van der Waals surface area (Å²) in [7, 11) is 1.43. The Morgan fingerprint density at radius 3 is 2.26 bits per heavy atom. The largest absolute Gasteiger partial charge is 0.507 e. The second-order valence-electron chi connectivity index (χ2n) is 15.4. The maximum absolute atomic E-state index is 14.8. The van der Waals surface area contributed by atoms with E-state index >= 15 is 0 Å². The fourth-order valence-corrected chi connectivity index (χ4v) is 8.06. The summed E-state index contributed by atoms with van der Waals surface area (Å²) < 4.78 is 29.3. The maximum atomic E-state index is 14.8. The van der Waals surface area contributed by atoms with Gasteiger partial charge in [-0.05, 0) is 19.9 Å². The van der Waals surface area contributed by atoms with Crippen molar-refractivity contribution in [2.45, 2.75) is 91.6 Å². The molecule has 4 N–H and O–H groups in total. The molecule has 10 atom stereocenters. The van der Waals surface area contributed by atoms with E-state index in [0.29, 0.717) is 0 Å². The Morgan fingerprint density at radius 1 is 0.982 bits per heavy atom. The minimum absolute atomic E-state index is 0.0350. The summed E-state index contributed by atoms with van der Waals surface area (Å²) in [6, 6.07) is -1.54. The number of aliphatic hydroxyl groups excluding tert-OH is 2. The first kappa shape index (κ1) is 43.2. The van der Waals surface area contributed by atoms with Crippen molar-refractivity contribution in [1.82, 2.24) is 10.2 Å². The topological polar surface area (TPSA) is 220 Å².